The number of methoxy groups -OCH3 is 1. The van der Waals surface area contributed by atoms with Gasteiger partial charge in [0.2, 0.25) is 0 Å². The lowest BCUT2D eigenvalue weighted by atomic mass is 9.90. The summed E-state index contributed by atoms with van der Waals surface area (Å²) < 4.78 is 5.10. The Bertz CT molecular complexity index is 429. The quantitative estimate of drug-likeness (QED) is 0.833. The summed E-state index contributed by atoms with van der Waals surface area (Å²) in [6.07, 6.45) is 0. The fourth-order valence-electron chi connectivity index (χ4n) is 1.56. The highest BCUT2D eigenvalue weighted by Crippen LogP contribution is 2.30. The molecule has 0 amide bonds. The first kappa shape index (κ1) is 15.9. The van der Waals surface area contributed by atoms with Gasteiger partial charge < -0.3 is 14.7 Å². The van der Waals surface area contributed by atoms with Gasteiger partial charge >= 0.3 is 5.97 Å². The van der Waals surface area contributed by atoms with Crippen LogP contribution in [0.3, 0.4) is 0 Å². The first-order valence-electron chi connectivity index (χ1n) is 6.25. The van der Waals surface area contributed by atoms with E-state index in [0.29, 0.717) is 18.3 Å². The van der Waals surface area contributed by atoms with Crippen LogP contribution < -0.4 is 4.90 Å². The highest BCUT2D eigenvalue weighted by molar-refractivity contribution is 7.13. The zero-order valence-corrected chi connectivity index (χ0v) is 13.0. The molecule has 19 heavy (non-hydrogen) atoms. The normalized spacial score (nSPS) is 11.9. The molecule has 0 aliphatic rings. The number of aliphatic carboxylic acids is 1. The van der Waals surface area contributed by atoms with Crippen molar-refractivity contribution in [2.45, 2.75) is 39.2 Å². The number of ether oxygens (including phenoxy) is 1. The molecule has 0 aliphatic carbocycles. The van der Waals surface area contributed by atoms with Crippen LogP contribution in [0.1, 0.15) is 33.4 Å². The summed E-state index contributed by atoms with van der Waals surface area (Å²) >= 11 is 1.48. The summed E-state index contributed by atoms with van der Waals surface area (Å²) in [5.74, 6) is -0.864. The molecule has 1 aromatic rings. The van der Waals surface area contributed by atoms with E-state index in [2.05, 4.69) is 23.7 Å². The standard InChI is InChI=1S/C13H22N2O3S/c1-9(2)15(6-7-18-5)12-14-10(8-19-12)13(3,4)11(16)17/h8-9H,6-7H2,1-5H3,(H,16,17). The second-order valence-electron chi connectivity index (χ2n) is 5.23. The Labute approximate surface area is 118 Å². The van der Waals surface area contributed by atoms with Crippen LogP contribution in [0.2, 0.25) is 0 Å². The second kappa shape index (κ2) is 6.34. The molecule has 1 aromatic heterocycles. The molecule has 0 saturated carbocycles. The number of carboxylic acid groups (broad SMARTS) is 1. The minimum Gasteiger partial charge on any atom is -0.481 e. The molecule has 0 aliphatic heterocycles. The predicted octanol–water partition coefficient (Wildman–Crippen LogP) is 2.37. The number of carbonyl (C=O) groups is 1. The second-order valence-corrected chi connectivity index (χ2v) is 6.06. The van der Waals surface area contributed by atoms with Gasteiger partial charge in [-0.25, -0.2) is 4.98 Å². The third-order valence-electron chi connectivity index (χ3n) is 3.07. The van der Waals surface area contributed by atoms with E-state index in [4.69, 9.17) is 4.74 Å². The number of thiazole rings is 1. The van der Waals surface area contributed by atoms with Gasteiger partial charge in [-0.15, -0.1) is 11.3 Å². The topological polar surface area (TPSA) is 62.7 Å². The van der Waals surface area contributed by atoms with Crippen molar-refractivity contribution in [3.05, 3.63) is 11.1 Å². The number of hydrogen-bond donors (Lipinski definition) is 1. The van der Waals surface area contributed by atoms with E-state index in [1.165, 1.54) is 11.3 Å². The van der Waals surface area contributed by atoms with Crippen molar-refractivity contribution in [1.29, 1.82) is 0 Å². The summed E-state index contributed by atoms with van der Waals surface area (Å²) in [7, 11) is 1.67. The van der Waals surface area contributed by atoms with Crippen molar-refractivity contribution in [3.8, 4) is 0 Å². The monoisotopic (exact) mass is 286 g/mol. The van der Waals surface area contributed by atoms with Crippen LogP contribution in [0.4, 0.5) is 5.13 Å². The van der Waals surface area contributed by atoms with Gasteiger partial charge in [0.1, 0.15) is 5.41 Å². The average Bonchev–Trinajstić information content (AvgIpc) is 2.78. The fourth-order valence-corrected chi connectivity index (χ4v) is 2.71. The Hall–Kier alpha value is -1.14. The minimum absolute atomic E-state index is 0.294. The van der Waals surface area contributed by atoms with E-state index >= 15 is 0 Å². The summed E-state index contributed by atoms with van der Waals surface area (Å²) in [4.78, 5) is 17.8. The summed E-state index contributed by atoms with van der Waals surface area (Å²) in [6.45, 7) is 8.87. The van der Waals surface area contributed by atoms with E-state index in [1.54, 1.807) is 21.0 Å². The maximum absolute atomic E-state index is 11.2. The van der Waals surface area contributed by atoms with Crippen LogP contribution in [-0.4, -0.2) is 42.4 Å². The van der Waals surface area contributed by atoms with Crippen molar-refractivity contribution < 1.29 is 14.6 Å². The van der Waals surface area contributed by atoms with Gasteiger partial charge in [0, 0.05) is 25.1 Å². The number of rotatable bonds is 7. The molecule has 1 rings (SSSR count). The Kier molecular flexibility index (Phi) is 5.31. The van der Waals surface area contributed by atoms with E-state index in [-0.39, 0.29) is 0 Å². The molecule has 0 radical (unpaired) electrons. The van der Waals surface area contributed by atoms with Crippen molar-refractivity contribution in [3.63, 3.8) is 0 Å². The van der Waals surface area contributed by atoms with Gasteiger partial charge in [-0.2, -0.15) is 0 Å². The number of nitrogens with zero attached hydrogens (tertiary/aromatic N) is 2. The maximum Gasteiger partial charge on any atom is 0.315 e. The van der Waals surface area contributed by atoms with E-state index in [1.807, 2.05) is 5.38 Å². The fraction of sp³-hybridized carbons (Fsp3) is 0.692. The number of hydrogen-bond acceptors (Lipinski definition) is 5. The van der Waals surface area contributed by atoms with Gasteiger partial charge in [0.25, 0.3) is 0 Å². The SMILES string of the molecule is COCCN(c1nc(C(C)(C)C(=O)O)cs1)C(C)C. The molecule has 6 heteroatoms. The summed E-state index contributed by atoms with van der Waals surface area (Å²) in [5.41, 5.74) is -0.360. The summed E-state index contributed by atoms with van der Waals surface area (Å²) in [5, 5.41) is 11.9. The lowest BCUT2D eigenvalue weighted by Crippen LogP contribution is -2.34. The molecule has 1 heterocycles. The molecule has 108 valence electrons. The molecular formula is C13H22N2O3S. The molecule has 0 saturated heterocycles. The van der Waals surface area contributed by atoms with Crippen molar-refractivity contribution >= 4 is 22.4 Å². The summed E-state index contributed by atoms with van der Waals surface area (Å²) in [6, 6.07) is 0.294. The number of carboxylic acids is 1. The van der Waals surface area contributed by atoms with Crippen LogP contribution in [0, 0.1) is 0 Å². The molecule has 0 spiro atoms. The Balaban J connectivity index is 2.96. The lowest BCUT2D eigenvalue weighted by Gasteiger charge is -2.26. The number of aromatic nitrogens is 1. The molecular weight excluding hydrogens is 264 g/mol. The molecule has 0 fully saturated rings. The van der Waals surface area contributed by atoms with Crippen molar-refractivity contribution in [1.82, 2.24) is 4.98 Å². The maximum atomic E-state index is 11.2. The van der Waals surface area contributed by atoms with Gasteiger partial charge in [-0.3, -0.25) is 4.79 Å². The van der Waals surface area contributed by atoms with Crippen LogP contribution >= 0.6 is 11.3 Å². The molecule has 0 aromatic carbocycles. The zero-order chi connectivity index (χ0) is 14.6. The molecule has 0 atom stereocenters. The smallest absolute Gasteiger partial charge is 0.315 e. The third-order valence-corrected chi connectivity index (χ3v) is 3.95. The van der Waals surface area contributed by atoms with Crippen molar-refractivity contribution in [2.75, 3.05) is 25.2 Å². The van der Waals surface area contributed by atoms with Crippen LogP contribution in [0.15, 0.2) is 5.38 Å². The van der Waals surface area contributed by atoms with E-state index in [9.17, 15) is 9.90 Å². The van der Waals surface area contributed by atoms with Gasteiger partial charge in [0.05, 0.1) is 12.3 Å². The van der Waals surface area contributed by atoms with Crippen LogP contribution in [0.25, 0.3) is 0 Å². The van der Waals surface area contributed by atoms with E-state index in [0.717, 1.165) is 11.7 Å². The highest BCUT2D eigenvalue weighted by atomic mass is 32.1. The predicted molar refractivity (Wildman–Crippen MR) is 77.1 cm³/mol. The molecule has 1 N–H and O–H groups in total. The number of anilines is 1. The Morgan fingerprint density at radius 1 is 1.58 bits per heavy atom. The van der Waals surface area contributed by atoms with Crippen LogP contribution in [-0.2, 0) is 14.9 Å². The highest BCUT2D eigenvalue weighted by Gasteiger charge is 2.32. The largest absolute Gasteiger partial charge is 0.481 e. The van der Waals surface area contributed by atoms with Crippen molar-refractivity contribution in [2.24, 2.45) is 0 Å². The lowest BCUT2D eigenvalue weighted by molar-refractivity contribution is -0.142. The molecule has 0 unspecified atom stereocenters. The van der Waals surface area contributed by atoms with Gasteiger partial charge in [0.15, 0.2) is 5.13 Å². The first-order valence-corrected chi connectivity index (χ1v) is 7.13. The van der Waals surface area contributed by atoms with Crippen LogP contribution in [0.5, 0.6) is 0 Å². The average molecular weight is 286 g/mol. The first-order chi connectivity index (χ1) is 8.80. The Morgan fingerprint density at radius 2 is 2.21 bits per heavy atom. The van der Waals surface area contributed by atoms with E-state index < -0.39 is 11.4 Å². The van der Waals surface area contributed by atoms with Gasteiger partial charge in [-0.1, -0.05) is 0 Å². The third kappa shape index (κ3) is 3.67. The minimum atomic E-state index is -0.960. The Morgan fingerprint density at radius 3 is 2.68 bits per heavy atom. The van der Waals surface area contributed by atoms with Gasteiger partial charge in [-0.05, 0) is 27.7 Å². The molecule has 5 nitrogen and oxygen atoms in total. The molecule has 0 bridgehead atoms. The zero-order valence-electron chi connectivity index (χ0n) is 12.1.